The van der Waals surface area contributed by atoms with Crippen molar-refractivity contribution < 1.29 is 73.2 Å². The number of allylic oxidation sites excluding steroid dienone is 1. The zero-order valence-electron chi connectivity index (χ0n) is 37.2. The van der Waals surface area contributed by atoms with Gasteiger partial charge >= 0.3 is 17.9 Å². The molecule has 0 aromatic rings. The Hall–Kier alpha value is -2.81. The van der Waals surface area contributed by atoms with E-state index in [4.69, 9.17) is 53.8 Å². The topological polar surface area (TPSA) is 280 Å². The Bertz CT molecular complexity index is 2020. The van der Waals surface area contributed by atoms with Gasteiger partial charge in [0.25, 0.3) is 0 Å². The predicted octanol–water partition coefficient (Wildman–Crippen LogP) is 0.775. The van der Waals surface area contributed by atoms with Crippen molar-refractivity contribution in [2.75, 3.05) is 17.6 Å². The van der Waals surface area contributed by atoms with Gasteiger partial charge in [0.1, 0.15) is 0 Å². The number of nitrogens with one attached hydrogen (secondary N) is 3. The second-order valence-corrected chi connectivity index (χ2v) is 21.4. The number of hydrogen-bond donors (Lipinski definition) is 8. The van der Waals surface area contributed by atoms with Gasteiger partial charge in [-0.05, 0) is 85.0 Å². The van der Waals surface area contributed by atoms with Crippen LogP contribution in [0.15, 0.2) is 12.2 Å². The van der Waals surface area contributed by atoms with Gasteiger partial charge in [-0.25, -0.2) is 14.4 Å². The highest BCUT2D eigenvalue weighted by atomic mass is 35.5. The van der Waals surface area contributed by atoms with Crippen molar-refractivity contribution in [2.45, 2.75) is 174 Å². The van der Waals surface area contributed by atoms with E-state index in [2.05, 4.69) is 16.0 Å². The Morgan fingerprint density at radius 1 is 0.606 bits per heavy atom. The van der Waals surface area contributed by atoms with Gasteiger partial charge in [-0.1, -0.05) is 25.0 Å². The van der Waals surface area contributed by atoms with E-state index >= 15 is 0 Å². The fourth-order valence-corrected chi connectivity index (χ4v) is 13.8. The number of hydrogen-bond acceptors (Lipinski definition) is 15. The number of halogens is 3. The molecular formula is C45H62Cl3N3O15. The number of alkyl halides is 3. The minimum absolute atomic E-state index is 0.000228. The Balaban J connectivity index is 0.000000135. The summed E-state index contributed by atoms with van der Waals surface area (Å²) in [5.41, 5.74) is -7.49. The van der Waals surface area contributed by atoms with Crippen LogP contribution in [0, 0.1) is 35.5 Å². The number of rotatable bonds is 12. The molecule has 2 saturated carbocycles. The summed E-state index contributed by atoms with van der Waals surface area (Å²) in [6, 6.07) is 0. The molecule has 3 amide bonds. The van der Waals surface area contributed by atoms with Gasteiger partial charge in [0, 0.05) is 35.4 Å². The molecule has 0 spiro atoms. The Kier molecular flexibility index (Phi) is 13.4. The quantitative estimate of drug-likeness (QED) is 0.0441. The molecule has 7 heterocycles. The third kappa shape index (κ3) is 6.90. The number of esters is 3. The molecule has 9 fully saturated rings. The molecule has 21 heteroatoms. The number of fused-ring (bicyclic) bond motifs is 4. The number of carbonyl (C=O) groups excluding carboxylic acids is 6. The summed E-state index contributed by atoms with van der Waals surface area (Å²) in [5, 5.41) is 60.8. The van der Waals surface area contributed by atoms with Crippen molar-refractivity contribution >= 4 is 70.4 Å². The van der Waals surface area contributed by atoms with E-state index in [0.29, 0.717) is 50.3 Å². The fraction of sp³-hybridized carbons (Fsp3) is 0.822. The number of amides is 3. The zero-order chi connectivity index (χ0) is 47.9. The van der Waals surface area contributed by atoms with Crippen molar-refractivity contribution in [3.63, 3.8) is 0 Å². The largest absolute Gasteiger partial charge is 0.453 e. The minimum atomic E-state index is -1.58. The highest BCUT2D eigenvalue weighted by Crippen LogP contribution is 2.57. The monoisotopic (exact) mass is 989 g/mol. The van der Waals surface area contributed by atoms with Gasteiger partial charge in [0.15, 0.2) is 16.8 Å². The first-order valence-electron chi connectivity index (χ1n) is 23.3. The van der Waals surface area contributed by atoms with Crippen LogP contribution in [-0.2, 0) is 47.7 Å². The third-order valence-electron chi connectivity index (χ3n) is 17.1. The number of carbonyl (C=O) groups is 6. The van der Waals surface area contributed by atoms with Crippen molar-refractivity contribution in [1.82, 2.24) is 16.0 Å². The fourth-order valence-electron chi connectivity index (χ4n) is 13.1. The van der Waals surface area contributed by atoms with Crippen LogP contribution in [0.1, 0.15) is 97.8 Å². The summed E-state index contributed by atoms with van der Waals surface area (Å²) in [7, 11) is 0. The summed E-state index contributed by atoms with van der Waals surface area (Å²) in [6.07, 6.45) is 6.99. The molecule has 0 radical (unpaired) electrons. The third-order valence-corrected chi connectivity index (χ3v) is 17.8. The number of aliphatic hydroxyl groups is 5. The molecule has 7 aliphatic heterocycles. The van der Waals surface area contributed by atoms with Crippen molar-refractivity contribution in [1.29, 1.82) is 0 Å². The molecule has 19 atom stereocenters. The van der Waals surface area contributed by atoms with E-state index < -0.39 is 106 Å². The van der Waals surface area contributed by atoms with Crippen LogP contribution in [0.2, 0.25) is 0 Å². The predicted molar refractivity (Wildman–Crippen MR) is 232 cm³/mol. The van der Waals surface area contributed by atoms with Crippen molar-refractivity contribution in [3.05, 3.63) is 12.2 Å². The maximum absolute atomic E-state index is 12.3. The molecule has 4 unspecified atom stereocenters. The van der Waals surface area contributed by atoms with Crippen LogP contribution in [-0.4, -0.2) is 155 Å². The first kappa shape index (κ1) is 49.6. The average molecular weight is 991 g/mol. The maximum atomic E-state index is 12.3. The molecule has 0 aromatic heterocycles. The van der Waals surface area contributed by atoms with E-state index in [0.717, 1.165) is 38.5 Å². The lowest BCUT2D eigenvalue weighted by molar-refractivity contribution is -0.245. The minimum Gasteiger partial charge on any atom is -0.453 e. The lowest BCUT2D eigenvalue weighted by Gasteiger charge is -2.55. The van der Waals surface area contributed by atoms with Gasteiger partial charge < -0.3 is 60.4 Å². The molecule has 10 aliphatic rings. The van der Waals surface area contributed by atoms with E-state index in [9.17, 15) is 54.3 Å². The molecule has 7 saturated heterocycles. The lowest BCUT2D eigenvalue weighted by Crippen LogP contribution is -2.80. The molecule has 368 valence electrons. The molecular weight excluding hydrogens is 929 g/mol. The second-order valence-electron chi connectivity index (χ2n) is 20.2. The number of ether oxygens (including phenoxy) is 4. The lowest BCUT2D eigenvalue weighted by atomic mass is 9.63. The van der Waals surface area contributed by atoms with E-state index in [1.165, 1.54) is 0 Å². The van der Waals surface area contributed by atoms with Crippen LogP contribution in [0.5, 0.6) is 0 Å². The van der Waals surface area contributed by atoms with E-state index in [1.54, 1.807) is 20.8 Å². The molecule has 66 heavy (non-hydrogen) atoms. The molecule has 0 aromatic carbocycles. The van der Waals surface area contributed by atoms with E-state index in [1.807, 2.05) is 12.2 Å². The van der Waals surface area contributed by atoms with Crippen molar-refractivity contribution in [2.24, 2.45) is 35.5 Å². The summed E-state index contributed by atoms with van der Waals surface area (Å²) >= 11 is 17.3. The number of epoxide rings is 1. The van der Waals surface area contributed by atoms with Crippen LogP contribution in [0.25, 0.3) is 0 Å². The van der Waals surface area contributed by atoms with Gasteiger partial charge in [-0.2, -0.15) is 0 Å². The SMILES string of the molecule is C[C@@]12OC(=O)[C@]1([C@@H](O)[C@@H]1C=CCCC1)NC(=O)[C@@H]2CCCl.C[C@@]12OC(=O)[C@]1([C@@H](O)[C@H]1CCCC(O)C1O)NC(=O)[C@@H]2CCCl.C[C@@]12OC(=O)[C@]1([C@@H](O)[C@H]1CCCC3OC31)NC(=O)[C@@H]2CCCl. The first-order valence-corrected chi connectivity index (χ1v) is 24.9. The maximum Gasteiger partial charge on any atom is 0.339 e. The zero-order valence-corrected chi connectivity index (χ0v) is 39.5. The highest BCUT2D eigenvalue weighted by molar-refractivity contribution is 6.18. The molecule has 10 rings (SSSR count). The summed E-state index contributed by atoms with van der Waals surface area (Å²) in [4.78, 5) is 73.5. The van der Waals surface area contributed by atoms with Gasteiger partial charge in [0.05, 0.1) is 60.5 Å². The van der Waals surface area contributed by atoms with Crippen LogP contribution < -0.4 is 16.0 Å². The van der Waals surface area contributed by atoms with Gasteiger partial charge in [-0.3, -0.25) is 14.4 Å². The second kappa shape index (κ2) is 17.9. The molecule has 18 nitrogen and oxygen atoms in total. The van der Waals surface area contributed by atoms with Crippen LogP contribution in [0.4, 0.5) is 0 Å². The van der Waals surface area contributed by atoms with Crippen molar-refractivity contribution in [3.8, 4) is 0 Å². The summed E-state index contributed by atoms with van der Waals surface area (Å²) in [6.45, 7) is 5.05. The Labute approximate surface area is 397 Å². The van der Waals surface area contributed by atoms with E-state index in [-0.39, 0.29) is 47.6 Å². The molecule has 0 bridgehead atoms. The smallest absolute Gasteiger partial charge is 0.339 e. The van der Waals surface area contributed by atoms with Gasteiger partial charge in [-0.15, -0.1) is 34.8 Å². The average Bonchev–Trinajstić information content (AvgIpc) is 4.00. The normalized spacial score (nSPS) is 46.9. The summed E-state index contributed by atoms with van der Waals surface area (Å²) in [5.74, 6) is -4.52. The highest BCUT2D eigenvalue weighted by Gasteiger charge is 2.82. The number of aliphatic hydroxyl groups excluding tert-OH is 5. The van der Waals surface area contributed by atoms with Crippen LogP contribution in [0.3, 0.4) is 0 Å². The first-order chi connectivity index (χ1) is 31.2. The summed E-state index contributed by atoms with van der Waals surface area (Å²) < 4.78 is 21.6. The van der Waals surface area contributed by atoms with Gasteiger partial charge in [0.2, 0.25) is 34.3 Å². The Morgan fingerprint density at radius 2 is 1.03 bits per heavy atom. The van der Waals surface area contributed by atoms with Crippen LogP contribution >= 0.6 is 34.8 Å². The Morgan fingerprint density at radius 3 is 1.45 bits per heavy atom. The standard InChI is InChI=1S/C15H22ClNO6.C15H20ClNO5.C15H20ClNO4/c1-14-8(5-6-16)12(21)17-15(14,13(22)23-14)11(20)7-3-2-4-9(18)10(7)19;1-14-8(5-6-16)12(19)17-15(14,13(20)22-14)11(18)7-3-2-4-9-10(7)21-9;1-14-10(7-8-16)12(19)17-15(14,13(20)21-14)11(18)9-5-3-2-4-6-9/h7-11,18-20H,2-6H2,1H3,(H,17,21);7-11,18H,2-6H2,1H3,(H,17,19);3,5,9-11,18H,2,4,6-8H2,1H3,(H,17,19)/t2*7-,8-,9?,10?,11-,14-,15-;9-,10+,11+,14+,15+/m001/s1. The molecule has 3 aliphatic carbocycles. The molecule has 8 N–H and O–H groups in total.